The number of hydrogen-bond acceptors (Lipinski definition) is 4. The molecule has 0 amide bonds. The van der Waals surface area contributed by atoms with Crippen LogP contribution in [0.5, 0.6) is 5.75 Å². The van der Waals surface area contributed by atoms with Gasteiger partial charge in [0.2, 0.25) is 0 Å². The highest BCUT2D eigenvalue weighted by Crippen LogP contribution is 2.14. The Morgan fingerprint density at radius 1 is 1.00 bits per heavy atom. The van der Waals surface area contributed by atoms with Crippen molar-refractivity contribution in [3.8, 4) is 5.75 Å². The Hall–Kier alpha value is -4.09. The van der Waals surface area contributed by atoms with Gasteiger partial charge in [-0.15, -0.1) is 0 Å². The second-order valence-corrected chi connectivity index (χ2v) is 8.69. The van der Waals surface area contributed by atoms with Crippen LogP contribution in [0.2, 0.25) is 0 Å². The van der Waals surface area contributed by atoms with Crippen molar-refractivity contribution in [1.29, 1.82) is 0 Å². The van der Waals surface area contributed by atoms with E-state index in [0.717, 1.165) is 37.2 Å². The van der Waals surface area contributed by atoms with Crippen molar-refractivity contribution in [2.24, 2.45) is 4.99 Å². The first-order valence-electron chi connectivity index (χ1n) is 10.8. The Bertz CT molecular complexity index is 1460. The summed E-state index contributed by atoms with van der Waals surface area (Å²) in [5.41, 5.74) is 3.73. The van der Waals surface area contributed by atoms with Crippen LogP contribution in [0.1, 0.15) is 16.7 Å². The summed E-state index contributed by atoms with van der Waals surface area (Å²) in [6.45, 7) is 12.7. The van der Waals surface area contributed by atoms with Gasteiger partial charge in [0.1, 0.15) is 18.1 Å². The minimum Gasteiger partial charge on any atom is -0.508 e. The topological polar surface area (TPSA) is 46.8 Å². The number of aliphatic hydroxyl groups is 1. The molecule has 0 atom stereocenters. The fourth-order valence-electron chi connectivity index (χ4n) is 3.38. The van der Waals surface area contributed by atoms with Gasteiger partial charge in [-0.05, 0) is 41.5 Å². The molecular weight excluding hydrogens is 440 g/mol. The standard InChI is InChI=1S/C29H26N2O2S/c1-4-18-33-27-16-12-23(13-17-27)19-28-21(2)31(20-24-10-14-25(15-11-24)22(3)32)29(34-28)30-26-8-6-5-7-9-26/h4-17,19,32H,1-3,18,20H2/b28-19-,30-29?. The molecule has 4 nitrogen and oxygen atoms in total. The van der Waals surface area contributed by atoms with Gasteiger partial charge < -0.3 is 14.4 Å². The molecule has 34 heavy (non-hydrogen) atoms. The fraction of sp³-hybridized carbons (Fsp3) is 0.0690. The molecule has 0 aliphatic rings. The highest BCUT2D eigenvalue weighted by molar-refractivity contribution is 7.07. The van der Waals surface area contributed by atoms with E-state index in [1.54, 1.807) is 17.4 Å². The number of aliphatic hydroxyl groups excluding tert-OH is 1. The van der Waals surface area contributed by atoms with Crippen molar-refractivity contribution in [3.05, 3.63) is 129 Å². The van der Waals surface area contributed by atoms with E-state index in [4.69, 9.17) is 9.73 Å². The molecule has 0 saturated heterocycles. The van der Waals surface area contributed by atoms with Crippen molar-refractivity contribution in [2.45, 2.75) is 6.54 Å². The maximum absolute atomic E-state index is 9.62. The molecule has 0 bridgehead atoms. The first-order chi connectivity index (χ1) is 16.5. The van der Waals surface area contributed by atoms with Gasteiger partial charge in [0.05, 0.1) is 22.1 Å². The summed E-state index contributed by atoms with van der Waals surface area (Å²) in [4.78, 5) is 5.76. The smallest absolute Gasteiger partial charge is 0.191 e. The number of benzene rings is 3. The molecule has 5 heteroatoms. The van der Waals surface area contributed by atoms with Gasteiger partial charge >= 0.3 is 0 Å². The SMILES string of the molecule is C=CCOc1ccc(/C=c2\sc(=Nc3ccccc3)n(Cc3ccc(C(=C)O)cc3)c2=C)cc1. The lowest BCUT2D eigenvalue weighted by Crippen LogP contribution is -2.31. The molecule has 0 aliphatic heterocycles. The summed E-state index contributed by atoms with van der Waals surface area (Å²) in [6, 6.07) is 25.6. The second-order valence-electron chi connectivity index (χ2n) is 7.69. The number of para-hydroxylation sites is 1. The number of thiazole rings is 1. The number of rotatable bonds is 8. The summed E-state index contributed by atoms with van der Waals surface area (Å²) in [5.74, 6) is 0.868. The zero-order valence-corrected chi connectivity index (χ0v) is 19.7. The highest BCUT2D eigenvalue weighted by atomic mass is 32.1. The van der Waals surface area contributed by atoms with Gasteiger partial charge in [-0.3, -0.25) is 0 Å². The average Bonchev–Trinajstić information content (AvgIpc) is 3.13. The lowest BCUT2D eigenvalue weighted by molar-refractivity contribution is 0.363. The van der Waals surface area contributed by atoms with Crippen LogP contribution in [0.25, 0.3) is 18.4 Å². The molecule has 1 heterocycles. The largest absolute Gasteiger partial charge is 0.508 e. The van der Waals surface area contributed by atoms with Crippen LogP contribution in [-0.4, -0.2) is 16.3 Å². The van der Waals surface area contributed by atoms with Crippen LogP contribution < -0.4 is 19.4 Å². The second kappa shape index (κ2) is 10.7. The normalized spacial score (nSPS) is 12.0. The quantitative estimate of drug-likeness (QED) is 0.288. The molecule has 4 aromatic rings. The van der Waals surface area contributed by atoms with Gasteiger partial charge in [-0.2, -0.15) is 0 Å². The van der Waals surface area contributed by atoms with E-state index in [1.807, 2.05) is 78.9 Å². The van der Waals surface area contributed by atoms with Gasteiger partial charge in [0.25, 0.3) is 0 Å². The van der Waals surface area contributed by atoms with Crippen LogP contribution in [0.4, 0.5) is 5.69 Å². The van der Waals surface area contributed by atoms with Crippen LogP contribution in [0.3, 0.4) is 0 Å². The predicted octanol–water partition coefficient (Wildman–Crippen LogP) is 5.16. The first kappa shape index (κ1) is 23.1. The zero-order chi connectivity index (χ0) is 23.9. The van der Waals surface area contributed by atoms with E-state index in [0.29, 0.717) is 18.7 Å². The maximum Gasteiger partial charge on any atom is 0.191 e. The van der Waals surface area contributed by atoms with Crippen molar-refractivity contribution in [3.63, 3.8) is 0 Å². The zero-order valence-electron chi connectivity index (χ0n) is 18.9. The number of aromatic nitrogens is 1. The molecule has 1 N–H and O–H groups in total. The summed E-state index contributed by atoms with van der Waals surface area (Å²) in [5, 5.41) is 10.5. The summed E-state index contributed by atoms with van der Waals surface area (Å²) >= 11 is 1.60. The van der Waals surface area contributed by atoms with Crippen LogP contribution in [0, 0.1) is 0 Å². The molecule has 4 rings (SSSR count). The lowest BCUT2D eigenvalue weighted by atomic mass is 10.1. The first-order valence-corrected chi connectivity index (χ1v) is 11.7. The van der Waals surface area contributed by atoms with Gasteiger partial charge in [-0.1, -0.05) is 91.7 Å². The molecule has 0 fully saturated rings. The van der Waals surface area contributed by atoms with E-state index in [-0.39, 0.29) is 5.76 Å². The Balaban J connectivity index is 1.76. The van der Waals surface area contributed by atoms with Crippen molar-refractivity contribution in [2.75, 3.05) is 6.61 Å². The minimum absolute atomic E-state index is 0.0603. The lowest BCUT2D eigenvalue weighted by Gasteiger charge is -2.06. The van der Waals surface area contributed by atoms with Gasteiger partial charge in [0, 0.05) is 5.56 Å². The molecular formula is C29H26N2O2S. The van der Waals surface area contributed by atoms with Crippen molar-refractivity contribution >= 4 is 35.4 Å². The molecule has 0 unspecified atom stereocenters. The Labute approximate surface area is 203 Å². The molecule has 0 spiro atoms. The van der Waals surface area contributed by atoms with E-state index < -0.39 is 0 Å². The molecule has 0 aliphatic carbocycles. The number of nitrogens with zero attached hydrogens (tertiary/aromatic N) is 2. The number of ether oxygens (including phenoxy) is 1. The summed E-state index contributed by atoms with van der Waals surface area (Å²) in [6.07, 6.45) is 3.84. The third kappa shape index (κ3) is 5.63. The van der Waals surface area contributed by atoms with Crippen LogP contribution in [0.15, 0.2) is 103 Å². The van der Waals surface area contributed by atoms with E-state index >= 15 is 0 Å². The molecule has 170 valence electrons. The maximum atomic E-state index is 9.62. The monoisotopic (exact) mass is 466 g/mol. The van der Waals surface area contributed by atoms with Crippen LogP contribution >= 0.6 is 11.3 Å². The van der Waals surface area contributed by atoms with E-state index in [9.17, 15) is 5.11 Å². The summed E-state index contributed by atoms with van der Waals surface area (Å²) in [7, 11) is 0. The molecule has 1 aromatic heterocycles. The van der Waals surface area contributed by atoms with Gasteiger partial charge in [0.15, 0.2) is 4.80 Å². The highest BCUT2D eigenvalue weighted by Gasteiger charge is 2.05. The molecule has 0 radical (unpaired) electrons. The van der Waals surface area contributed by atoms with Gasteiger partial charge in [-0.25, -0.2) is 4.99 Å². The van der Waals surface area contributed by atoms with Crippen molar-refractivity contribution in [1.82, 2.24) is 4.57 Å². The fourth-order valence-corrected chi connectivity index (χ4v) is 4.44. The summed E-state index contributed by atoms with van der Waals surface area (Å²) < 4.78 is 8.74. The van der Waals surface area contributed by atoms with Crippen molar-refractivity contribution < 1.29 is 9.84 Å². The molecule has 0 saturated carbocycles. The average molecular weight is 467 g/mol. The molecule has 3 aromatic carbocycles. The number of hydrogen-bond donors (Lipinski definition) is 1. The van der Waals surface area contributed by atoms with E-state index in [2.05, 4.69) is 30.4 Å². The predicted molar refractivity (Wildman–Crippen MR) is 142 cm³/mol. The Morgan fingerprint density at radius 2 is 1.71 bits per heavy atom. The Morgan fingerprint density at radius 3 is 2.35 bits per heavy atom. The third-order valence-corrected chi connectivity index (χ3v) is 6.26. The Kier molecular flexibility index (Phi) is 7.25. The van der Waals surface area contributed by atoms with E-state index in [1.165, 1.54) is 0 Å². The minimum atomic E-state index is 0.0603. The third-order valence-electron chi connectivity index (χ3n) is 5.20. The van der Waals surface area contributed by atoms with Crippen LogP contribution in [-0.2, 0) is 6.54 Å².